The van der Waals surface area contributed by atoms with E-state index in [0.717, 1.165) is 0 Å². The van der Waals surface area contributed by atoms with Gasteiger partial charge in [0.1, 0.15) is 5.75 Å². The molecule has 1 saturated heterocycles. The van der Waals surface area contributed by atoms with Crippen molar-refractivity contribution in [2.24, 2.45) is 11.7 Å². The van der Waals surface area contributed by atoms with Crippen LogP contribution in [0.4, 0.5) is 5.69 Å². The van der Waals surface area contributed by atoms with Gasteiger partial charge in [-0.2, -0.15) is 4.31 Å². The van der Waals surface area contributed by atoms with E-state index in [9.17, 15) is 22.8 Å². The average molecular weight is 472 g/mol. The van der Waals surface area contributed by atoms with Crippen molar-refractivity contribution in [3.8, 4) is 5.75 Å². The molecule has 2 aliphatic rings. The highest BCUT2D eigenvalue weighted by Crippen LogP contribution is 2.35. The smallest absolute Gasteiger partial charge is 0.260 e. The van der Waals surface area contributed by atoms with Crippen molar-refractivity contribution in [2.75, 3.05) is 24.5 Å². The van der Waals surface area contributed by atoms with Crippen molar-refractivity contribution in [1.82, 2.24) is 4.31 Å². The predicted molar refractivity (Wildman–Crippen MR) is 120 cm³/mol. The van der Waals surface area contributed by atoms with Crippen LogP contribution in [0.3, 0.4) is 0 Å². The first-order chi connectivity index (χ1) is 15.7. The molecule has 2 aromatic carbocycles. The van der Waals surface area contributed by atoms with Crippen molar-refractivity contribution >= 4 is 33.3 Å². The van der Waals surface area contributed by atoms with E-state index < -0.39 is 28.0 Å². The van der Waals surface area contributed by atoms with Crippen molar-refractivity contribution in [2.45, 2.75) is 30.8 Å². The van der Waals surface area contributed by atoms with Crippen LogP contribution < -0.4 is 15.4 Å². The summed E-state index contributed by atoms with van der Waals surface area (Å²) in [6, 6.07) is 12.8. The zero-order valence-electron chi connectivity index (χ0n) is 18.1. The van der Waals surface area contributed by atoms with Gasteiger partial charge in [0.2, 0.25) is 15.9 Å². The molecule has 2 aromatic rings. The topological polar surface area (TPSA) is 127 Å². The molecule has 2 aliphatic heterocycles. The predicted octanol–water partition coefficient (Wildman–Crippen LogP) is 1.57. The lowest BCUT2D eigenvalue weighted by atomic mass is 9.95. The van der Waals surface area contributed by atoms with E-state index in [0.29, 0.717) is 29.8 Å². The highest BCUT2D eigenvalue weighted by molar-refractivity contribution is 7.89. The number of Topliss-reactive ketones (excluding diaryl/α,β-unsaturated/α-hetero) is 1. The summed E-state index contributed by atoms with van der Waals surface area (Å²) < 4.78 is 33.0. The van der Waals surface area contributed by atoms with Gasteiger partial charge >= 0.3 is 0 Å². The number of nitrogens with zero attached hydrogens (tertiary/aromatic N) is 2. The van der Waals surface area contributed by atoms with Crippen LogP contribution in [-0.2, 0) is 19.6 Å². The second-order valence-electron chi connectivity index (χ2n) is 8.18. The normalized spacial score (nSPS) is 19.4. The van der Waals surface area contributed by atoms with E-state index in [1.54, 1.807) is 24.3 Å². The van der Waals surface area contributed by atoms with Crippen LogP contribution in [0.1, 0.15) is 30.1 Å². The third kappa shape index (κ3) is 4.49. The highest BCUT2D eigenvalue weighted by Gasteiger charge is 2.38. The number of ether oxygens (including phenoxy) is 1. The van der Waals surface area contributed by atoms with Gasteiger partial charge in [-0.3, -0.25) is 14.4 Å². The average Bonchev–Trinajstić information content (AvgIpc) is 2.83. The van der Waals surface area contributed by atoms with Crippen LogP contribution in [0, 0.1) is 5.92 Å². The van der Waals surface area contributed by atoms with Crippen molar-refractivity contribution in [1.29, 1.82) is 0 Å². The van der Waals surface area contributed by atoms with E-state index >= 15 is 0 Å². The molecule has 9 nitrogen and oxygen atoms in total. The number of amides is 2. The van der Waals surface area contributed by atoms with Crippen molar-refractivity contribution in [3.63, 3.8) is 0 Å². The number of nitrogens with two attached hydrogens (primary N) is 1. The SMILES string of the molecule is CC(=O)c1ccc(S(=O)(=O)N2CCC(C(=O)N3C[C@@H](C(N)=O)Oc4ccccc43)CC2)cc1. The molecule has 10 heteroatoms. The van der Waals surface area contributed by atoms with Crippen LogP contribution >= 0.6 is 0 Å². The van der Waals surface area contributed by atoms with E-state index in [1.807, 2.05) is 0 Å². The van der Waals surface area contributed by atoms with E-state index in [-0.39, 0.29) is 36.2 Å². The molecule has 33 heavy (non-hydrogen) atoms. The molecule has 2 N–H and O–H groups in total. The van der Waals surface area contributed by atoms with Gasteiger partial charge in [0, 0.05) is 24.6 Å². The Morgan fingerprint density at radius 3 is 2.24 bits per heavy atom. The van der Waals surface area contributed by atoms with Gasteiger partial charge in [-0.15, -0.1) is 0 Å². The quantitative estimate of drug-likeness (QED) is 0.660. The minimum absolute atomic E-state index is 0.0200. The van der Waals surface area contributed by atoms with Crippen LogP contribution in [0.25, 0.3) is 0 Å². The van der Waals surface area contributed by atoms with E-state index in [1.165, 1.54) is 40.4 Å². The molecular formula is C23H25N3O6S. The van der Waals surface area contributed by atoms with Crippen LogP contribution in [0.2, 0.25) is 0 Å². The molecule has 0 saturated carbocycles. The maximum Gasteiger partial charge on any atom is 0.260 e. The fraction of sp³-hybridized carbons (Fsp3) is 0.348. The molecule has 174 valence electrons. The fourth-order valence-corrected chi connectivity index (χ4v) is 5.64. The zero-order valence-corrected chi connectivity index (χ0v) is 19.0. The second kappa shape index (κ2) is 8.95. The number of sulfonamides is 1. The molecule has 0 spiro atoms. The number of primary amides is 1. The Labute approximate surface area is 192 Å². The number of carbonyl (C=O) groups excluding carboxylic acids is 3. The molecule has 0 radical (unpaired) electrons. The van der Waals surface area contributed by atoms with Crippen LogP contribution in [-0.4, -0.2) is 56.1 Å². The Morgan fingerprint density at radius 2 is 1.64 bits per heavy atom. The number of hydrogen-bond donors (Lipinski definition) is 1. The number of ketones is 1. The minimum atomic E-state index is -3.73. The molecule has 0 unspecified atom stereocenters. The molecule has 1 atom stereocenters. The number of fused-ring (bicyclic) bond motifs is 1. The van der Waals surface area contributed by atoms with Crippen molar-refractivity contribution in [3.05, 3.63) is 54.1 Å². The number of piperidine rings is 1. The van der Waals surface area contributed by atoms with Gasteiger partial charge in [-0.25, -0.2) is 8.42 Å². The molecule has 2 heterocycles. The highest BCUT2D eigenvalue weighted by atomic mass is 32.2. The van der Waals surface area contributed by atoms with Gasteiger partial charge in [-0.05, 0) is 44.0 Å². The number of rotatable bonds is 5. The maximum absolute atomic E-state index is 13.3. The molecular weight excluding hydrogens is 446 g/mol. The van der Waals surface area contributed by atoms with E-state index in [2.05, 4.69) is 0 Å². The molecule has 0 aliphatic carbocycles. The first-order valence-corrected chi connectivity index (χ1v) is 12.1. The number of hydrogen-bond acceptors (Lipinski definition) is 6. The van der Waals surface area contributed by atoms with Crippen LogP contribution in [0.15, 0.2) is 53.4 Å². The van der Waals surface area contributed by atoms with Gasteiger partial charge < -0.3 is 15.4 Å². The Bertz CT molecular complexity index is 1190. The fourth-order valence-electron chi connectivity index (χ4n) is 4.17. The van der Waals surface area contributed by atoms with Gasteiger partial charge in [-0.1, -0.05) is 24.3 Å². The molecule has 0 aromatic heterocycles. The molecule has 0 bridgehead atoms. The first-order valence-electron chi connectivity index (χ1n) is 10.7. The summed E-state index contributed by atoms with van der Waals surface area (Å²) in [6.45, 7) is 1.83. The standard InChI is InChI=1S/C23H25N3O6S/c1-15(27)16-6-8-18(9-7-16)33(30,31)25-12-10-17(11-13-25)23(29)26-14-21(22(24)28)32-20-5-3-2-4-19(20)26/h2-9,17,21H,10-14H2,1H3,(H2,24,28)/t21-/m0/s1. The van der Waals surface area contributed by atoms with Crippen molar-refractivity contribution < 1.29 is 27.5 Å². The summed E-state index contributed by atoms with van der Waals surface area (Å²) in [5.74, 6) is -0.952. The number of benzene rings is 2. The third-order valence-electron chi connectivity index (χ3n) is 6.06. The van der Waals surface area contributed by atoms with E-state index in [4.69, 9.17) is 10.5 Å². The monoisotopic (exact) mass is 471 g/mol. The van der Waals surface area contributed by atoms with Gasteiger partial charge in [0.25, 0.3) is 5.91 Å². The molecule has 4 rings (SSSR count). The van der Waals surface area contributed by atoms with Crippen LogP contribution in [0.5, 0.6) is 5.75 Å². The molecule has 2 amide bonds. The van der Waals surface area contributed by atoms with Gasteiger partial charge in [0.05, 0.1) is 17.1 Å². The largest absolute Gasteiger partial charge is 0.477 e. The second-order valence-corrected chi connectivity index (χ2v) is 10.1. The summed E-state index contributed by atoms with van der Waals surface area (Å²) in [5.41, 5.74) is 6.43. The summed E-state index contributed by atoms with van der Waals surface area (Å²) in [5, 5.41) is 0. The minimum Gasteiger partial charge on any atom is -0.477 e. The first kappa shape index (κ1) is 22.9. The Hall–Kier alpha value is -3.24. The Morgan fingerprint density at radius 1 is 1.00 bits per heavy atom. The summed E-state index contributed by atoms with van der Waals surface area (Å²) >= 11 is 0. The summed E-state index contributed by atoms with van der Waals surface area (Å²) in [6.07, 6.45) is -0.239. The lowest BCUT2D eigenvalue weighted by Crippen LogP contribution is -2.52. The third-order valence-corrected chi connectivity index (χ3v) is 7.97. The number of anilines is 1. The zero-order chi connectivity index (χ0) is 23.8. The lowest BCUT2D eigenvalue weighted by Gasteiger charge is -2.37. The maximum atomic E-state index is 13.3. The lowest BCUT2D eigenvalue weighted by molar-refractivity contribution is -0.126. The summed E-state index contributed by atoms with van der Waals surface area (Å²) in [4.78, 5) is 38.1. The van der Waals surface area contributed by atoms with Gasteiger partial charge in [0.15, 0.2) is 11.9 Å². The number of carbonyl (C=O) groups is 3. The Kier molecular flexibility index (Phi) is 6.22. The summed E-state index contributed by atoms with van der Waals surface area (Å²) in [7, 11) is -3.73. The Balaban J connectivity index is 1.47. The number of para-hydroxylation sites is 2. The molecule has 1 fully saturated rings.